The molecule has 96 valence electrons. The Balaban J connectivity index is 2.36. The third kappa shape index (κ3) is 2.10. The predicted molar refractivity (Wildman–Crippen MR) is 81.4 cm³/mol. The molecular weight excluding hydrogens is 256 g/mol. The molecule has 0 N–H and O–H groups in total. The van der Waals surface area contributed by atoms with Crippen molar-refractivity contribution in [3.05, 3.63) is 52.7 Å². The molecule has 2 nitrogen and oxygen atoms in total. The minimum atomic E-state index is 0.0658. The molecule has 0 aliphatic carbocycles. The number of ether oxygens (including phenoxy) is 1. The van der Waals surface area contributed by atoms with Crippen molar-refractivity contribution in [2.24, 2.45) is 0 Å². The van der Waals surface area contributed by atoms with Crippen molar-refractivity contribution < 1.29 is 4.74 Å². The monoisotopic (exact) mass is 270 g/mol. The molecule has 0 amide bonds. The molecule has 0 saturated heterocycles. The van der Waals surface area contributed by atoms with Gasteiger partial charge in [-0.25, -0.2) is 0 Å². The zero-order valence-corrected chi connectivity index (χ0v) is 11.5. The molecule has 0 unspecified atom stereocenters. The van der Waals surface area contributed by atoms with Gasteiger partial charge in [0.05, 0.1) is 12.0 Å². The van der Waals surface area contributed by atoms with Gasteiger partial charge in [-0.2, -0.15) is 0 Å². The first-order valence-electron chi connectivity index (χ1n) is 6.38. The average Bonchev–Trinajstić information content (AvgIpc) is 2.45. The topological polar surface area (TPSA) is 26.3 Å². The second-order valence-corrected chi connectivity index (χ2v) is 5.49. The van der Waals surface area contributed by atoms with Crippen LogP contribution in [0.15, 0.2) is 47.3 Å². The SMILES string of the molecule is CCCOc1cccc2sc3ccccc3c(=O)c12. The van der Waals surface area contributed by atoms with Crippen molar-refractivity contribution in [2.75, 3.05) is 6.61 Å². The Hall–Kier alpha value is -1.87. The molecule has 19 heavy (non-hydrogen) atoms. The second kappa shape index (κ2) is 5.02. The van der Waals surface area contributed by atoms with Crippen molar-refractivity contribution in [1.29, 1.82) is 0 Å². The molecule has 1 aromatic heterocycles. The van der Waals surface area contributed by atoms with E-state index in [-0.39, 0.29) is 5.43 Å². The Bertz CT molecular complexity index is 789. The van der Waals surface area contributed by atoms with Crippen LogP contribution in [0, 0.1) is 0 Å². The molecule has 0 atom stereocenters. The Morgan fingerprint density at radius 2 is 1.84 bits per heavy atom. The fourth-order valence-electron chi connectivity index (χ4n) is 2.15. The van der Waals surface area contributed by atoms with Crippen LogP contribution in [0.25, 0.3) is 20.2 Å². The number of fused-ring (bicyclic) bond motifs is 2. The lowest BCUT2D eigenvalue weighted by Crippen LogP contribution is -2.04. The third-order valence-electron chi connectivity index (χ3n) is 3.03. The molecule has 2 aromatic carbocycles. The standard InChI is InChI=1S/C16H14O2S/c1-2-10-18-12-7-5-9-14-15(12)16(17)11-6-3-4-8-13(11)19-14/h3-9H,2,10H2,1H3. The first kappa shape index (κ1) is 12.2. The maximum absolute atomic E-state index is 12.6. The highest BCUT2D eigenvalue weighted by Gasteiger charge is 2.10. The molecule has 3 aromatic rings. The van der Waals surface area contributed by atoms with Gasteiger partial charge in [0.1, 0.15) is 5.75 Å². The highest BCUT2D eigenvalue weighted by Crippen LogP contribution is 2.30. The van der Waals surface area contributed by atoms with Crippen molar-refractivity contribution in [1.82, 2.24) is 0 Å². The van der Waals surface area contributed by atoms with Crippen molar-refractivity contribution >= 4 is 31.5 Å². The predicted octanol–water partition coefficient (Wildman–Crippen LogP) is 4.20. The fraction of sp³-hybridized carbons (Fsp3) is 0.188. The quantitative estimate of drug-likeness (QED) is 0.667. The van der Waals surface area contributed by atoms with E-state index in [1.807, 2.05) is 42.5 Å². The van der Waals surface area contributed by atoms with Crippen LogP contribution < -0.4 is 10.2 Å². The number of hydrogen-bond donors (Lipinski definition) is 0. The summed E-state index contributed by atoms with van der Waals surface area (Å²) in [5, 5.41) is 1.48. The highest BCUT2D eigenvalue weighted by molar-refractivity contribution is 7.24. The maximum atomic E-state index is 12.6. The van der Waals surface area contributed by atoms with E-state index < -0.39 is 0 Å². The van der Waals surface area contributed by atoms with Crippen LogP contribution in [0.1, 0.15) is 13.3 Å². The Morgan fingerprint density at radius 1 is 1.05 bits per heavy atom. The first-order chi connectivity index (χ1) is 9.31. The second-order valence-electron chi connectivity index (χ2n) is 4.41. The lowest BCUT2D eigenvalue weighted by atomic mass is 10.1. The normalized spacial score (nSPS) is 11.0. The Kier molecular flexibility index (Phi) is 3.22. The first-order valence-corrected chi connectivity index (χ1v) is 7.20. The van der Waals surface area contributed by atoms with E-state index in [4.69, 9.17) is 4.74 Å². The van der Waals surface area contributed by atoms with Crippen LogP contribution in [-0.4, -0.2) is 6.61 Å². The van der Waals surface area contributed by atoms with Gasteiger partial charge in [-0.05, 0) is 30.7 Å². The summed E-state index contributed by atoms with van der Waals surface area (Å²) in [6.45, 7) is 2.69. The van der Waals surface area contributed by atoms with E-state index in [0.29, 0.717) is 17.7 Å². The summed E-state index contributed by atoms with van der Waals surface area (Å²) in [7, 11) is 0. The molecule has 0 aliphatic heterocycles. The van der Waals surface area contributed by atoms with Gasteiger partial charge < -0.3 is 4.74 Å². The maximum Gasteiger partial charge on any atom is 0.199 e. The van der Waals surface area contributed by atoms with Gasteiger partial charge in [0, 0.05) is 14.8 Å². The van der Waals surface area contributed by atoms with Crippen LogP contribution in [-0.2, 0) is 0 Å². The van der Waals surface area contributed by atoms with Crippen molar-refractivity contribution in [3.63, 3.8) is 0 Å². The van der Waals surface area contributed by atoms with Crippen LogP contribution >= 0.6 is 11.3 Å². The van der Waals surface area contributed by atoms with E-state index in [1.54, 1.807) is 11.3 Å². The molecule has 0 spiro atoms. The van der Waals surface area contributed by atoms with Crippen molar-refractivity contribution in [3.8, 4) is 5.75 Å². The summed E-state index contributed by atoms with van der Waals surface area (Å²) in [4.78, 5) is 12.6. The summed E-state index contributed by atoms with van der Waals surface area (Å²) in [6, 6.07) is 13.5. The smallest absolute Gasteiger partial charge is 0.199 e. The minimum absolute atomic E-state index is 0.0658. The van der Waals surface area contributed by atoms with Gasteiger partial charge in [-0.15, -0.1) is 11.3 Å². The van der Waals surface area contributed by atoms with E-state index in [9.17, 15) is 4.79 Å². The van der Waals surface area contributed by atoms with Gasteiger partial charge in [0.25, 0.3) is 0 Å². The summed E-state index contributed by atoms with van der Waals surface area (Å²) in [6.07, 6.45) is 0.932. The van der Waals surface area contributed by atoms with Gasteiger partial charge in [-0.3, -0.25) is 4.79 Å². The van der Waals surface area contributed by atoms with Crippen LogP contribution in [0.4, 0.5) is 0 Å². The van der Waals surface area contributed by atoms with E-state index >= 15 is 0 Å². The summed E-state index contributed by atoms with van der Waals surface area (Å²) >= 11 is 1.63. The van der Waals surface area contributed by atoms with Crippen LogP contribution in [0.5, 0.6) is 5.75 Å². The number of rotatable bonds is 3. The zero-order valence-electron chi connectivity index (χ0n) is 10.7. The molecule has 0 fully saturated rings. The molecule has 3 rings (SSSR count). The molecule has 1 heterocycles. The summed E-state index contributed by atoms with van der Waals surface area (Å²) in [5.41, 5.74) is 0.0658. The van der Waals surface area contributed by atoms with Gasteiger partial charge in [-0.1, -0.05) is 25.1 Å². The number of hydrogen-bond acceptors (Lipinski definition) is 3. The molecule has 0 bridgehead atoms. The van der Waals surface area contributed by atoms with Gasteiger partial charge in [0.15, 0.2) is 5.43 Å². The number of benzene rings is 2. The zero-order chi connectivity index (χ0) is 13.2. The Morgan fingerprint density at radius 3 is 2.68 bits per heavy atom. The molecule has 0 saturated carbocycles. The molecule has 0 radical (unpaired) electrons. The average molecular weight is 270 g/mol. The fourth-order valence-corrected chi connectivity index (χ4v) is 3.24. The van der Waals surface area contributed by atoms with Crippen LogP contribution in [0.2, 0.25) is 0 Å². The van der Waals surface area contributed by atoms with Crippen LogP contribution in [0.3, 0.4) is 0 Å². The van der Waals surface area contributed by atoms with Gasteiger partial charge in [0.2, 0.25) is 0 Å². The van der Waals surface area contributed by atoms with E-state index in [2.05, 4.69) is 6.92 Å². The van der Waals surface area contributed by atoms with E-state index in [0.717, 1.165) is 21.2 Å². The highest BCUT2D eigenvalue weighted by atomic mass is 32.1. The largest absolute Gasteiger partial charge is 0.493 e. The molecule has 0 aliphatic rings. The summed E-state index contributed by atoms with van der Waals surface area (Å²) < 4.78 is 7.71. The summed E-state index contributed by atoms with van der Waals surface area (Å²) in [5.74, 6) is 0.700. The Labute approximate surface area is 115 Å². The minimum Gasteiger partial charge on any atom is -0.493 e. The lowest BCUT2D eigenvalue weighted by molar-refractivity contribution is 0.321. The third-order valence-corrected chi connectivity index (χ3v) is 4.16. The molecule has 3 heteroatoms. The lowest BCUT2D eigenvalue weighted by Gasteiger charge is -2.08. The van der Waals surface area contributed by atoms with E-state index in [1.165, 1.54) is 0 Å². The molecular formula is C16H14O2S. The van der Waals surface area contributed by atoms with Crippen molar-refractivity contribution in [2.45, 2.75) is 13.3 Å². The van der Waals surface area contributed by atoms with Gasteiger partial charge >= 0.3 is 0 Å².